The third kappa shape index (κ3) is 4.90. The molecule has 4 aromatic rings. The summed E-state index contributed by atoms with van der Waals surface area (Å²) in [6.45, 7) is 2.39. The number of aromatic hydroxyl groups is 1. The number of phenols is 1. The fourth-order valence-corrected chi connectivity index (χ4v) is 4.59. The number of ketones is 1. The molecule has 8 heteroatoms. The van der Waals surface area contributed by atoms with Gasteiger partial charge in [-0.3, -0.25) is 19.1 Å². The summed E-state index contributed by atoms with van der Waals surface area (Å²) < 4.78 is 33.2. The fourth-order valence-electron chi connectivity index (χ4n) is 4.44. The average Bonchev–Trinajstić information content (AvgIpc) is 2.85. The number of carbonyl (C=O) groups excluding carboxylic acids is 1. The van der Waals surface area contributed by atoms with Crippen molar-refractivity contribution >= 4 is 28.3 Å². The van der Waals surface area contributed by atoms with Crippen molar-refractivity contribution in [2.24, 2.45) is 5.92 Å². The summed E-state index contributed by atoms with van der Waals surface area (Å²) in [6.07, 6.45) is 1.43. The molecule has 184 valence electrons. The van der Waals surface area contributed by atoms with Crippen LogP contribution in [0.25, 0.3) is 22.0 Å². The first-order chi connectivity index (χ1) is 17.4. The lowest BCUT2D eigenvalue weighted by molar-refractivity contribution is 0.0668. The maximum Gasteiger partial charge on any atom is 0.194 e. The van der Waals surface area contributed by atoms with Crippen LogP contribution in [0, 0.1) is 11.7 Å². The van der Waals surface area contributed by atoms with Crippen molar-refractivity contribution in [1.82, 2.24) is 9.88 Å². The molecule has 0 unspecified atom stereocenters. The van der Waals surface area contributed by atoms with Crippen LogP contribution in [-0.2, 0) is 0 Å². The smallest absolute Gasteiger partial charge is 0.194 e. The van der Waals surface area contributed by atoms with E-state index in [1.54, 1.807) is 36.4 Å². The van der Waals surface area contributed by atoms with Crippen molar-refractivity contribution in [2.45, 2.75) is 0 Å². The minimum atomic E-state index is -0.569. The molecule has 0 bridgehead atoms. The SMILES string of the molecule is O=C(c1ccc(OCCN2CC(CF)C2)cc1)c1c(-c2ccc(Cl)cc2F)cnc2cc(O)ccc12. The zero-order valence-corrected chi connectivity index (χ0v) is 20.0. The lowest BCUT2D eigenvalue weighted by atomic mass is 9.91. The van der Waals surface area contributed by atoms with Crippen LogP contribution in [-0.4, -0.2) is 53.7 Å². The average molecular weight is 509 g/mol. The largest absolute Gasteiger partial charge is 0.508 e. The highest BCUT2D eigenvalue weighted by Gasteiger charge is 2.26. The fraction of sp³-hybridized carbons (Fsp3) is 0.214. The summed E-state index contributed by atoms with van der Waals surface area (Å²) in [5, 5.41) is 10.6. The second-order valence-corrected chi connectivity index (χ2v) is 9.29. The normalized spacial score (nSPS) is 14.1. The number of aromatic nitrogens is 1. The molecule has 3 aromatic carbocycles. The first kappa shape index (κ1) is 24.2. The molecule has 0 spiro atoms. The Balaban J connectivity index is 1.43. The van der Waals surface area contributed by atoms with Gasteiger partial charge >= 0.3 is 0 Å². The van der Waals surface area contributed by atoms with Crippen molar-refractivity contribution in [3.05, 3.63) is 88.8 Å². The van der Waals surface area contributed by atoms with E-state index in [-0.39, 0.29) is 40.3 Å². The molecule has 0 radical (unpaired) electrons. The van der Waals surface area contributed by atoms with Gasteiger partial charge in [0.25, 0.3) is 0 Å². The van der Waals surface area contributed by atoms with Gasteiger partial charge < -0.3 is 9.84 Å². The summed E-state index contributed by atoms with van der Waals surface area (Å²) in [7, 11) is 0. The molecule has 1 fully saturated rings. The molecule has 1 aliphatic heterocycles. The number of rotatable bonds is 8. The van der Waals surface area contributed by atoms with Crippen LogP contribution in [0.4, 0.5) is 8.78 Å². The van der Waals surface area contributed by atoms with Crippen molar-refractivity contribution < 1.29 is 23.4 Å². The minimum absolute atomic E-state index is 0.0127. The second-order valence-electron chi connectivity index (χ2n) is 8.85. The standard InChI is InChI=1S/C28H23ClF2N2O3/c29-19-3-7-22(25(31)11-19)24-14-32-26-12-20(34)4-8-23(26)27(24)28(35)18-1-5-21(6-2-18)36-10-9-33-15-17(13-30)16-33/h1-8,11-12,14,17,34H,9-10,13,15-16H2. The van der Waals surface area contributed by atoms with Crippen molar-refractivity contribution in [2.75, 3.05) is 32.9 Å². The van der Waals surface area contributed by atoms with Gasteiger partial charge in [0.2, 0.25) is 0 Å². The van der Waals surface area contributed by atoms with E-state index in [9.17, 15) is 18.7 Å². The number of likely N-dealkylation sites (tertiary alicyclic amines) is 1. The number of alkyl halides is 1. The highest BCUT2D eigenvalue weighted by Crippen LogP contribution is 2.34. The summed E-state index contributed by atoms with van der Waals surface area (Å²) in [5.74, 6) is -0.127. The van der Waals surface area contributed by atoms with E-state index < -0.39 is 5.82 Å². The van der Waals surface area contributed by atoms with E-state index in [1.165, 1.54) is 30.5 Å². The van der Waals surface area contributed by atoms with Crippen molar-refractivity contribution in [1.29, 1.82) is 0 Å². The molecular weight excluding hydrogens is 486 g/mol. The van der Waals surface area contributed by atoms with E-state index in [4.69, 9.17) is 16.3 Å². The lowest BCUT2D eigenvalue weighted by Crippen LogP contribution is -2.49. The second kappa shape index (κ2) is 10.2. The molecule has 0 amide bonds. The molecule has 1 N–H and O–H groups in total. The lowest BCUT2D eigenvalue weighted by Gasteiger charge is -2.37. The van der Waals surface area contributed by atoms with E-state index in [1.807, 2.05) is 0 Å². The quantitative estimate of drug-likeness (QED) is 0.300. The van der Waals surface area contributed by atoms with Crippen LogP contribution in [0.5, 0.6) is 11.5 Å². The van der Waals surface area contributed by atoms with Gasteiger partial charge in [-0.05, 0) is 54.6 Å². The van der Waals surface area contributed by atoms with Crippen LogP contribution in [0.3, 0.4) is 0 Å². The number of carbonyl (C=O) groups is 1. The number of hydrogen-bond donors (Lipinski definition) is 1. The number of benzene rings is 3. The van der Waals surface area contributed by atoms with Crippen molar-refractivity contribution in [3.63, 3.8) is 0 Å². The van der Waals surface area contributed by atoms with Gasteiger partial charge in [0, 0.05) is 70.5 Å². The van der Waals surface area contributed by atoms with Gasteiger partial charge in [-0.25, -0.2) is 4.39 Å². The summed E-state index contributed by atoms with van der Waals surface area (Å²) >= 11 is 5.93. The molecule has 2 heterocycles. The minimum Gasteiger partial charge on any atom is -0.508 e. The maximum absolute atomic E-state index is 14.8. The summed E-state index contributed by atoms with van der Waals surface area (Å²) in [4.78, 5) is 20.2. The van der Waals surface area contributed by atoms with Crippen LogP contribution >= 0.6 is 11.6 Å². The maximum atomic E-state index is 14.8. The number of halogens is 3. The van der Waals surface area contributed by atoms with E-state index in [0.29, 0.717) is 40.9 Å². The number of hydrogen-bond acceptors (Lipinski definition) is 5. The molecule has 0 saturated carbocycles. The topological polar surface area (TPSA) is 62.7 Å². The molecule has 1 aromatic heterocycles. The van der Waals surface area contributed by atoms with E-state index in [2.05, 4.69) is 9.88 Å². The molecule has 36 heavy (non-hydrogen) atoms. The van der Waals surface area contributed by atoms with Crippen molar-refractivity contribution in [3.8, 4) is 22.6 Å². The molecule has 5 rings (SSSR count). The highest BCUT2D eigenvalue weighted by atomic mass is 35.5. The van der Waals surface area contributed by atoms with Gasteiger partial charge in [0.15, 0.2) is 5.78 Å². The van der Waals surface area contributed by atoms with Crippen LogP contribution in [0.2, 0.25) is 5.02 Å². The predicted octanol–water partition coefficient (Wildman–Crippen LogP) is 5.91. The van der Waals surface area contributed by atoms with E-state index in [0.717, 1.165) is 13.1 Å². The Kier molecular flexibility index (Phi) is 6.85. The summed E-state index contributed by atoms with van der Waals surface area (Å²) in [5.41, 5.74) is 1.61. The Morgan fingerprint density at radius 2 is 1.86 bits per heavy atom. The molecular formula is C28H23ClF2N2O3. The van der Waals surface area contributed by atoms with Crippen LogP contribution < -0.4 is 4.74 Å². The Morgan fingerprint density at radius 1 is 1.08 bits per heavy atom. The first-order valence-electron chi connectivity index (χ1n) is 11.6. The molecule has 5 nitrogen and oxygen atoms in total. The number of fused-ring (bicyclic) bond motifs is 1. The number of phenolic OH excluding ortho intramolecular Hbond substituents is 1. The predicted molar refractivity (Wildman–Crippen MR) is 135 cm³/mol. The number of nitrogens with zero attached hydrogens (tertiary/aromatic N) is 2. The Labute approximate surface area is 211 Å². The van der Waals surface area contributed by atoms with Gasteiger partial charge in [0.1, 0.15) is 23.9 Å². The van der Waals surface area contributed by atoms with E-state index >= 15 is 0 Å². The Morgan fingerprint density at radius 3 is 2.58 bits per heavy atom. The zero-order chi connectivity index (χ0) is 25.2. The highest BCUT2D eigenvalue weighted by molar-refractivity contribution is 6.30. The number of pyridine rings is 1. The van der Waals surface area contributed by atoms with Crippen LogP contribution in [0.15, 0.2) is 66.9 Å². The van der Waals surface area contributed by atoms with Crippen LogP contribution in [0.1, 0.15) is 15.9 Å². The van der Waals surface area contributed by atoms with Gasteiger partial charge in [-0.2, -0.15) is 0 Å². The Hall–Kier alpha value is -3.55. The van der Waals surface area contributed by atoms with Gasteiger partial charge in [-0.15, -0.1) is 0 Å². The molecule has 1 aliphatic rings. The number of ether oxygens (including phenoxy) is 1. The Bertz CT molecular complexity index is 1420. The zero-order valence-electron chi connectivity index (χ0n) is 19.3. The third-order valence-corrected chi connectivity index (χ3v) is 6.58. The van der Waals surface area contributed by atoms with Gasteiger partial charge in [0.05, 0.1) is 12.2 Å². The van der Waals surface area contributed by atoms with Gasteiger partial charge in [-0.1, -0.05) is 11.6 Å². The molecule has 0 aliphatic carbocycles. The first-order valence-corrected chi connectivity index (χ1v) is 11.9. The summed E-state index contributed by atoms with van der Waals surface area (Å²) in [6, 6.07) is 15.5. The molecule has 0 atom stereocenters. The molecule has 1 saturated heterocycles. The third-order valence-electron chi connectivity index (χ3n) is 6.34. The monoisotopic (exact) mass is 508 g/mol.